The SMILES string of the molecule is NCCCCNC(=O)c1ccc2ccccc2c1O. The molecular weight excluding hydrogens is 240 g/mol. The van der Waals surface area contributed by atoms with Gasteiger partial charge in [0.25, 0.3) is 5.91 Å². The molecule has 0 unspecified atom stereocenters. The van der Waals surface area contributed by atoms with Crippen LogP contribution in [0.25, 0.3) is 10.8 Å². The Kier molecular flexibility index (Phi) is 4.36. The van der Waals surface area contributed by atoms with Crippen LogP contribution >= 0.6 is 0 Å². The van der Waals surface area contributed by atoms with Gasteiger partial charge in [0, 0.05) is 11.9 Å². The molecule has 1 amide bonds. The third-order valence-corrected chi connectivity index (χ3v) is 3.06. The van der Waals surface area contributed by atoms with Crippen LogP contribution in [0.2, 0.25) is 0 Å². The number of nitrogens with two attached hydrogens (primary N) is 1. The molecule has 0 bridgehead atoms. The monoisotopic (exact) mass is 258 g/mol. The Morgan fingerprint density at radius 3 is 2.74 bits per heavy atom. The van der Waals surface area contributed by atoms with E-state index in [-0.39, 0.29) is 11.7 Å². The molecule has 0 spiro atoms. The van der Waals surface area contributed by atoms with Crippen LogP contribution in [0.1, 0.15) is 23.2 Å². The molecule has 2 rings (SSSR count). The molecule has 4 N–H and O–H groups in total. The summed E-state index contributed by atoms with van der Waals surface area (Å²) in [6, 6.07) is 10.9. The summed E-state index contributed by atoms with van der Waals surface area (Å²) in [5.74, 6) is -0.213. The highest BCUT2D eigenvalue weighted by atomic mass is 16.3. The van der Waals surface area contributed by atoms with E-state index in [0.717, 1.165) is 18.2 Å². The van der Waals surface area contributed by atoms with Crippen molar-refractivity contribution in [2.45, 2.75) is 12.8 Å². The third-order valence-electron chi connectivity index (χ3n) is 3.06. The number of nitrogens with one attached hydrogen (secondary N) is 1. The molecule has 0 saturated carbocycles. The average molecular weight is 258 g/mol. The normalized spacial score (nSPS) is 10.6. The number of fused-ring (bicyclic) bond motifs is 1. The molecule has 19 heavy (non-hydrogen) atoms. The van der Waals surface area contributed by atoms with Crippen LogP contribution in [0.5, 0.6) is 5.75 Å². The van der Waals surface area contributed by atoms with Crippen molar-refractivity contribution < 1.29 is 9.90 Å². The van der Waals surface area contributed by atoms with Gasteiger partial charge in [-0.3, -0.25) is 4.79 Å². The molecule has 0 saturated heterocycles. The lowest BCUT2D eigenvalue weighted by molar-refractivity contribution is 0.0950. The van der Waals surface area contributed by atoms with Crippen LogP contribution < -0.4 is 11.1 Å². The second kappa shape index (κ2) is 6.20. The Labute approximate surface area is 112 Å². The third kappa shape index (κ3) is 3.03. The number of phenols is 1. The lowest BCUT2D eigenvalue weighted by atomic mass is 10.0. The van der Waals surface area contributed by atoms with Gasteiger partial charge in [0.1, 0.15) is 5.75 Å². The fourth-order valence-corrected chi connectivity index (χ4v) is 2.00. The Morgan fingerprint density at radius 1 is 1.16 bits per heavy atom. The van der Waals surface area contributed by atoms with Crippen molar-refractivity contribution in [3.63, 3.8) is 0 Å². The number of hydrogen-bond donors (Lipinski definition) is 3. The number of phenolic OH excluding ortho intramolecular Hbond substituents is 1. The van der Waals surface area contributed by atoms with E-state index in [2.05, 4.69) is 5.32 Å². The fraction of sp³-hybridized carbons (Fsp3) is 0.267. The van der Waals surface area contributed by atoms with Crippen molar-refractivity contribution in [2.75, 3.05) is 13.1 Å². The molecule has 0 fully saturated rings. The van der Waals surface area contributed by atoms with Crippen molar-refractivity contribution in [1.82, 2.24) is 5.32 Å². The first-order valence-corrected chi connectivity index (χ1v) is 6.43. The molecule has 0 heterocycles. The Balaban J connectivity index is 2.16. The summed E-state index contributed by atoms with van der Waals surface area (Å²) < 4.78 is 0. The predicted octanol–water partition coefficient (Wildman–Crippen LogP) is 2.01. The lowest BCUT2D eigenvalue weighted by Gasteiger charge is -2.08. The molecule has 100 valence electrons. The first-order valence-electron chi connectivity index (χ1n) is 6.43. The summed E-state index contributed by atoms with van der Waals surface area (Å²) >= 11 is 0. The summed E-state index contributed by atoms with van der Waals surface area (Å²) in [5.41, 5.74) is 5.70. The summed E-state index contributed by atoms with van der Waals surface area (Å²) in [6.07, 6.45) is 1.72. The second-order valence-electron chi connectivity index (χ2n) is 4.43. The Bertz CT molecular complexity index is 581. The molecule has 0 aromatic heterocycles. The highest BCUT2D eigenvalue weighted by Crippen LogP contribution is 2.28. The molecule has 4 heteroatoms. The van der Waals surface area contributed by atoms with E-state index in [1.54, 1.807) is 12.1 Å². The maximum Gasteiger partial charge on any atom is 0.255 e. The van der Waals surface area contributed by atoms with E-state index in [1.807, 2.05) is 24.3 Å². The van der Waals surface area contributed by atoms with Crippen molar-refractivity contribution >= 4 is 16.7 Å². The highest BCUT2D eigenvalue weighted by Gasteiger charge is 2.12. The standard InChI is InChI=1S/C15H18N2O2/c16-9-3-4-10-17-15(19)13-8-7-11-5-1-2-6-12(11)14(13)18/h1-2,5-8,18H,3-4,9-10,16H2,(H,17,19). The lowest BCUT2D eigenvalue weighted by Crippen LogP contribution is -2.24. The van der Waals surface area contributed by atoms with Crippen LogP contribution in [-0.4, -0.2) is 24.1 Å². The zero-order valence-corrected chi connectivity index (χ0v) is 10.7. The molecule has 0 radical (unpaired) electrons. The van der Waals surface area contributed by atoms with Crippen molar-refractivity contribution in [3.8, 4) is 5.75 Å². The quantitative estimate of drug-likeness (QED) is 0.718. The van der Waals surface area contributed by atoms with Gasteiger partial charge in [-0.2, -0.15) is 0 Å². The largest absolute Gasteiger partial charge is 0.506 e. The molecule has 0 aliphatic carbocycles. The van der Waals surface area contributed by atoms with Crippen LogP contribution in [-0.2, 0) is 0 Å². The smallest absolute Gasteiger partial charge is 0.255 e. The highest BCUT2D eigenvalue weighted by molar-refractivity contribution is 6.03. The van der Waals surface area contributed by atoms with E-state index in [1.165, 1.54) is 0 Å². The Morgan fingerprint density at radius 2 is 1.95 bits per heavy atom. The maximum absolute atomic E-state index is 12.0. The van der Waals surface area contributed by atoms with E-state index in [0.29, 0.717) is 24.0 Å². The number of amides is 1. The van der Waals surface area contributed by atoms with E-state index in [9.17, 15) is 9.90 Å². The van der Waals surface area contributed by atoms with Gasteiger partial charge >= 0.3 is 0 Å². The topological polar surface area (TPSA) is 75.3 Å². The van der Waals surface area contributed by atoms with Crippen LogP contribution in [0.3, 0.4) is 0 Å². The first kappa shape index (κ1) is 13.4. The number of carbonyl (C=O) groups excluding carboxylic acids is 1. The summed E-state index contributed by atoms with van der Waals surface area (Å²) in [6.45, 7) is 1.19. The Hall–Kier alpha value is -2.07. The van der Waals surface area contributed by atoms with Crippen LogP contribution in [0.4, 0.5) is 0 Å². The van der Waals surface area contributed by atoms with Gasteiger partial charge in [-0.1, -0.05) is 30.3 Å². The second-order valence-corrected chi connectivity index (χ2v) is 4.43. The minimum Gasteiger partial charge on any atom is -0.506 e. The zero-order chi connectivity index (χ0) is 13.7. The molecule has 0 atom stereocenters. The van der Waals surface area contributed by atoms with Crippen molar-refractivity contribution in [2.24, 2.45) is 5.73 Å². The van der Waals surface area contributed by atoms with Gasteiger partial charge in [0.15, 0.2) is 0 Å². The fourth-order valence-electron chi connectivity index (χ4n) is 2.00. The van der Waals surface area contributed by atoms with Crippen LogP contribution in [0, 0.1) is 0 Å². The van der Waals surface area contributed by atoms with Gasteiger partial charge in [-0.25, -0.2) is 0 Å². The predicted molar refractivity (Wildman–Crippen MR) is 76.2 cm³/mol. The molecule has 2 aromatic rings. The molecule has 4 nitrogen and oxygen atoms in total. The number of rotatable bonds is 5. The first-order chi connectivity index (χ1) is 9.24. The number of hydrogen-bond acceptors (Lipinski definition) is 3. The average Bonchev–Trinajstić information content (AvgIpc) is 2.44. The number of carbonyl (C=O) groups is 1. The number of aromatic hydroxyl groups is 1. The van der Waals surface area contributed by atoms with E-state index in [4.69, 9.17) is 5.73 Å². The van der Waals surface area contributed by atoms with Gasteiger partial charge in [-0.05, 0) is 30.8 Å². The van der Waals surface area contributed by atoms with Crippen molar-refractivity contribution in [1.29, 1.82) is 0 Å². The van der Waals surface area contributed by atoms with Gasteiger partial charge < -0.3 is 16.2 Å². The van der Waals surface area contributed by atoms with E-state index < -0.39 is 0 Å². The zero-order valence-electron chi connectivity index (χ0n) is 10.7. The van der Waals surface area contributed by atoms with Gasteiger partial charge in [0.2, 0.25) is 0 Å². The van der Waals surface area contributed by atoms with Crippen molar-refractivity contribution in [3.05, 3.63) is 42.0 Å². The molecule has 0 aliphatic rings. The van der Waals surface area contributed by atoms with E-state index >= 15 is 0 Å². The van der Waals surface area contributed by atoms with Gasteiger partial charge in [0.05, 0.1) is 5.56 Å². The minimum absolute atomic E-state index is 0.0365. The molecule has 2 aromatic carbocycles. The summed E-state index contributed by atoms with van der Waals surface area (Å²) in [5, 5.41) is 14.5. The molecular formula is C15H18N2O2. The maximum atomic E-state index is 12.0. The summed E-state index contributed by atoms with van der Waals surface area (Å²) in [7, 11) is 0. The minimum atomic E-state index is -0.250. The number of unbranched alkanes of at least 4 members (excludes halogenated alkanes) is 1. The number of benzene rings is 2. The summed E-state index contributed by atoms with van der Waals surface area (Å²) in [4.78, 5) is 12.0. The van der Waals surface area contributed by atoms with Gasteiger partial charge in [-0.15, -0.1) is 0 Å². The molecule has 0 aliphatic heterocycles. The van der Waals surface area contributed by atoms with Crippen LogP contribution in [0.15, 0.2) is 36.4 Å².